The van der Waals surface area contributed by atoms with Crippen LogP contribution < -0.4 is 0 Å². The molecular formula is C15H19N3O. The second-order valence-electron chi connectivity index (χ2n) is 4.77. The van der Waals surface area contributed by atoms with E-state index in [1.807, 2.05) is 63.0 Å². The quantitative estimate of drug-likeness (QED) is 0.847. The summed E-state index contributed by atoms with van der Waals surface area (Å²) in [7, 11) is 3.75. The highest BCUT2D eigenvalue weighted by Gasteiger charge is 2.21. The monoisotopic (exact) mass is 257 g/mol. The molecule has 1 unspecified atom stereocenters. The fourth-order valence-electron chi connectivity index (χ4n) is 2.02. The summed E-state index contributed by atoms with van der Waals surface area (Å²) < 4.78 is 1.95. The van der Waals surface area contributed by atoms with E-state index >= 15 is 0 Å². The van der Waals surface area contributed by atoms with Crippen molar-refractivity contribution in [3.8, 4) is 0 Å². The fourth-order valence-corrected chi connectivity index (χ4v) is 2.02. The molecule has 100 valence electrons. The van der Waals surface area contributed by atoms with Gasteiger partial charge in [-0.2, -0.15) is 0 Å². The number of amides is 1. The molecule has 0 radical (unpaired) electrons. The summed E-state index contributed by atoms with van der Waals surface area (Å²) in [6.45, 7) is 3.94. The zero-order chi connectivity index (χ0) is 14.0. The summed E-state index contributed by atoms with van der Waals surface area (Å²) >= 11 is 0. The molecule has 0 saturated carbocycles. The van der Waals surface area contributed by atoms with Crippen molar-refractivity contribution in [3.05, 3.63) is 53.6 Å². The molecule has 0 aliphatic carbocycles. The van der Waals surface area contributed by atoms with Crippen LogP contribution in [-0.4, -0.2) is 27.4 Å². The largest absolute Gasteiger partial charge is 0.354 e. The van der Waals surface area contributed by atoms with Crippen LogP contribution in [0.25, 0.3) is 0 Å². The Hall–Kier alpha value is -2.10. The van der Waals surface area contributed by atoms with Crippen molar-refractivity contribution in [2.45, 2.75) is 19.9 Å². The molecule has 4 heteroatoms. The maximum Gasteiger partial charge on any atom is 0.255 e. The number of nitrogens with zero attached hydrogens (tertiary/aromatic N) is 3. The number of carbonyl (C=O) groups is 1. The van der Waals surface area contributed by atoms with Gasteiger partial charge < -0.3 is 9.47 Å². The minimum atomic E-state index is -0.0479. The lowest BCUT2D eigenvalue weighted by Crippen LogP contribution is -2.30. The Morgan fingerprint density at radius 2 is 2.11 bits per heavy atom. The van der Waals surface area contributed by atoms with Crippen LogP contribution in [-0.2, 0) is 7.05 Å². The molecule has 2 heterocycles. The standard InChI is InChI=1S/C15H19N3O/c1-11-13(8-10-17(11)3)15(19)18(4)12(2)14-7-5-6-9-16-14/h5-10,12H,1-4H3. The van der Waals surface area contributed by atoms with Gasteiger partial charge in [-0.25, -0.2) is 0 Å². The predicted octanol–water partition coefficient (Wildman–Crippen LogP) is 2.56. The maximum atomic E-state index is 12.5. The Balaban J connectivity index is 2.22. The van der Waals surface area contributed by atoms with Crippen molar-refractivity contribution >= 4 is 5.91 Å². The molecule has 0 spiro atoms. The highest BCUT2D eigenvalue weighted by Crippen LogP contribution is 2.20. The van der Waals surface area contributed by atoms with Crippen LogP contribution in [0.2, 0.25) is 0 Å². The van der Waals surface area contributed by atoms with Gasteiger partial charge in [0.1, 0.15) is 0 Å². The van der Waals surface area contributed by atoms with Crippen molar-refractivity contribution < 1.29 is 4.79 Å². The number of carbonyl (C=O) groups excluding carboxylic acids is 1. The van der Waals surface area contributed by atoms with Gasteiger partial charge in [0.25, 0.3) is 5.91 Å². The molecule has 0 bridgehead atoms. The second kappa shape index (κ2) is 5.26. The maximum absolute atomic E-state index is 12.5. The van der Waals surface area contributed by atoms with Gasteiger partial charge in [0, 0.05) is 32.2 Å². The Bertz CT molecular complexity index is 574. The van der Waals surface area contributed by atoms with Gasteiger partial charge >= 0.3 is 0 Å². The fraction of sp³-hybridized carbons (Fsp3) is 0.333. The number of pyridine rings is 1. The summed E-state index contributed by atoms with van der Waals surface area (Å²) in [6.07, 6.45) is 3.65. The van der Waals surface area contributed by atoms with E-state index in [1.165, 1.54) is 0 Å². The molecule has 19 heavy (non-hydrogen) atoms. The van der Waals surface area contributed by atoms with E-state index < -0.39 is 0 Å². The molecule has 0 aliphatic heterocycles. The van der Waals surface area contributed by atoms with Crippen molar-refractivity contribution in [3.63, 3.8) is 0 Å². The van der Waals surface area contributed by atoms with Crippen LogP contribution >= 0.6 is 0 Å². The van der Waals surface area contributed by atoms with Gasteiger partial charge in [0.05, 0.1) is 17.3 Å². The molecule has 0 N–H and O–H groups in total. The summed E-state index contributed by atoms with van der Waals surface area (Å²) in [4.78, 5) is 18.5. The number of hydrogen-bond donors (Lipinski definition) is 0. The summed E-state index contributed by atoms with van der Waals surface area (Å²) in [6, 6.07) is 7.56. The van der Waals surface area contributed by atoms with Gasteiger partial charge in [-0.05, 0) is 32.0 Å². The SMILES string of the molecule is Cc1c(C(=O)N(C)C(C)c2ccccn2)ccn1C. The molecule has 0 fully saturated rings. The molecule has 1 amide bonds. The van der Waals surface area contributed by atoms with Gasteiger partial charge in [-0.15, -0.1) is 0 Å². The van der Waals surface area contributed by atoms with Crippen LogP contribution in [0, 0.1) is 6.92 Å². The topological polar surface area (TPSA) is 38.1 Å². The highest BCUT2D eigenvalue weighted by atomic mass is 16.2. The Morgan fingerprint density at radius 1 is 1.37 bits per heavy atom. The van der Waals surface area contributed by atoms with Gasteiger partial charge in [-0.1, -0.05) is 6.07 Å². The van der Waals surface area contributed by atoms with Crippen LogP contribution in [0.1, 0.15) is 34.7 Å². The van der Waals surface area contributed by atoms with E-state index in [-0.39, 0.29) is 11.9 Å². The van der Waals surface area contributed by atoms with Gasteiger partial charge in [-0.3, -0.25) is 9.78 Å². The second-order valence-corrected chi connectivity index (χ2v) is 4.77. The van der Waals surface area contributed by atoms with E-state index in [4.69, 9.17) is 0 Å². The van der Waals surface area contributed by atoms with E-state index in [0.29, 0.717) is 0 Å². The minimum absolute atomic E-state index is 0.0243. The number of hydrogen-bond acceptors (Lipinski definition) is 2. The first-order valence-electron chi connectivity index (χ1n) is 6.32. The first-order chi connectivity index (χ1) is 9.02. The summed E-state index contributed by atoms with van der Waals surface area (Å²) in [5, 5.41) is 0. The zero-order valence-corrected chi connectivity index (χ0v) is 11.8. The first-order valence-corrected chi connectivity index (χ1v) is 6.32. The first kappa shape index (κ1) is 13.3. The Morgan fingerprint density at radius 3 is 2.63 bits per heavy atom. The van der Waals surface area contributed by atoms with E-state index in [0.717, 1.165) is 17.0 Å². The van der Waals surface area contributed by atoms with Crippen LogP contribution in [0.15, 0.2) is 36.7 Å². The lowest BCUT2D eigenvalue weighted by Gasteiger charge is -2.24. The molecule has 2 aromatic heterocycles. The molecule has 0 aliphatic rings. The molecule has 1 atom stereocenters. The summed E-state index contributed by atoms with van der Waals surface area (Å²) in [5.74, 6) is 0.0243. The smallest absolute Gasteiger partial charge is 0.255 e. The normalized spacial score (nSPS) is 12.2. The van der Waals surface area contributed by atoms with Crippen LogP contribution in [0.3, 0.4) is 0 Å². The molecule has 4 nitrogen and oxygen atoms in total. The molecular weight excluding hydrogens is 238 g/mol. The summed E-state index contributed by atoms with van der Waals surface area (Å²) in [5.41, 5.74) is 2.62. The zero-order valence-electron chi connectivity index (χ0n) is 11.8. The van der Waals surface area contributed by atoms with Crippen molar-refractivity contribution in [1.29, 1.82) is 0 Å². The number of aryl methyl sites for hydroxylation is 1. The van der Waals surface area contributed by atoms with Crippen molar-refractivity contribution in [2.24, 2.45) is 7.05 Å². The van der Waals surface area contributed by atoms with Crippen LogP contribution in [0.5, 0.6) is 0 Å². The lowest BCUT2D eigenvalue weighted by atomic mass is 10.1. The van der Waals surface area contributed by atoms with E-state index in [1.54, 1.807) is 11.1 Å². The molecule has 2 rings (SSSR count). The third-order valence-corrected chi connectivity index (χ3v) is 3.63. The Labute approximate surface area is 113 Å². The molecule has 0 saturated heterocycles. The van der Waals surface area contributed by atoms with Gasteiger partial charge in [0.2, 0.25) is 0 Å². The third kappa shape index (κ3) is 2.52. The van der Waals surface area contributed by atoms with Gasteiger partial charge in [0.15, 0.2) is 0 Å². The minimum Gasteiger partial charge on any atom is -0.354 e. The van der Waals surface area contributed by atoms with E-state index in [9.17, 15) is 4.79 Å². The molecule has 0 aromatic carbocycles. The molecule has 2 aromatic rings. The highest BCUT2D eigenvalue weighted by molar-refractivity contribution is 5.95. The van der Waals surface area contributed by atoms with Crippen LogP contribution in [0.4, 0.5) is 0 Å². The van der Waals surface area contributed by atoms with Crippen molar-refractivity contribution in [2.75, 3.05) is 7.05 Å². The predicted molar refractivity (Wildman–Crippen MR) is 74.9 cm³/mol. The lowest BCUT2D eigenvalue weighted by molar-refractivity contribution is 0.0739. The van der Waals surface area contributed by atoms with Crippen molar-refractivity contribution in [1.82, 2.24) is 14.5 Å². The number of aromatic nitrogens is 2. The third-order valence-electron chi connectivity index (χ3n) is 3.63. The average Bonchev–Trinajstić information content (AvgIpc) is 2.77. The number of rotatable bonds is 3. The average molecular weight is 257 g/mol. The van der Waals surface area contributed by atoms with E-state index in [2.05, 4.69) is 4.98 Å². The Kier molecular flexibility index (Phi) is 3.69.